The third kappa shape index (κ3) is 3.42. The summed E-state index contributed by atoms with van der Waals surface area (Å²) in [5.74, 6) is 0. The lowest BCUT2D eigenvalue weighted by Crippen LogP contribution is -2.12. The summed E-state index contributed by atoms with van der Waals surface area (Å²) in [5, 5.41) is 2.59. The second kappa shape index (κ2) is 4.84. The van der Waals surface area contributed by atoms with E-state index in [2.05, 4.69) is 37.4 Å². The largest absolute Gasteiger partial charge is 0.419 e. The molecule has 0 aromatic heterocycles. The van der Waals surface area contributed by atoms with Gasteiger partial charge in [0.05, 0.1) is 6.26 Å². The van der Waals surface area contributed by atoms with Crippen LogP contribution >= 0.6 is 0 Å². The molecule has 3 heteroatoms. The van der Waals surface area contributed by atoms with Gasteiger partial charge in [0, 0.05) is 5.69 Å². The molecule has 0 saturated heterocycles. The van der Waals surface area contributed by atoms with Gasteiger partial charge in [-0.05, 0) is 23.1 Å². The lowest BCUT2D eigenvalue weighted by Gasteiger charge is -2.19. The molecule has 0 radical (unpaired) electrons. The molecule has 1 aromatic carbocycles. The number of anilines is 1. The van der Waals surface area contributed by atoms with E-state index in [0.717, 1.165) is 6.26 Å². The van der Waals surface area contributed by atoms with E-state index in [1.165, 1.54) is 5.56 Å². The molecule has 0 aliphatic rings. The van der Waals surface area contributed by atoms with E-state index in [1.807, 2.05) is 24.3 Å². The first kappa shape index (κ1) is 12.3. The normalized spacial score (nSPS) is 10.7. The van der Waals surface area contributed by atoms with Gasteiger partial charge in [0.15, 0.2) is 0 Å². The van der Waals surface area contributed by atoms with Crippen molar-refractivity contribution in [3.8, 4) is 0 Å². The molecule has 0 bridgehead atoms. The molecular weight excluding hydrogens is 202 g/mol. The van der Waals surface area contributed by atoms with Crippen LogP contribution in [0.3, 0.4) is 0 Å². The van der Waals surface area contributed by atoms with E-state index >= 15 is 0 Å². The van der Waals surface area contributed by atoms with Crippen LogP contribution in [0.25, 0.3) is 0 Å². The van der Waals surface area contributed by atoms with E-state index in [0.29, 0.717) is 5.69 Å². The SMILES string of the molecule is C=COC(=O)Nc1ccc(C(C)(C)C)cc1. The monoisotopic (exact) mass is 219 g/mol. The fourth-order valence-corrected chi connectivity index (χ4v) is 1.28. The van der Waals surface area contributed by atoms with Crippen LogP contribution in [-0.2, 0) is 10.2 Å². The number of carbonyl (C=O) groups excluding carboxylic acids is 1. The van der Waals surface area contributed by atoms with Gasteiger partial charge >= 0.3 is 6.09 Å². The maximum absolute atomic E-state index is 11.1. The third-order valence-electron chi connectivity index (χ3n) is 2.19. The molecule has 1 rings (SSSR count). The fourth-order valence-electron chi connectivity index (χ4n) is 1.28. The highest BCUT2D eigenvalue weighted by Gasteiger charge is 2.13. The Morgan fingerprint density at radius 3 is 2.31 bits per heavy atom. The Hall–Kier alpha value is -1.77. The van der Waals surface area contributed by atoms with Crippen LogP contribution in [0.2, 0.25) is 0 Å². The molecule has 1 N–H and O–H groups in total. The van der Waals surface area contributed by atoms with Gasteiger partial charge in [-0.25, -0.2) is 4.79 Å². The molecule has 0 saturated carbocycles. The van der Waals surface area contributed by atoms with E-state index < -0.39 is 6.09 Å². The number of nitrogens with one attached hydrogen (secondary N) is 1. The second-order valence-electron chi connectivity index (χ2n) is 4.52. The zero-order valence-electron chi connectivity index (χ0n) is 9.91. The minimum atomic E-state index is -0.529. The third-order valence-corrected chi connectivity index (χ3v) is 2.19. The molecule has 0 fully saturated rings. The Kier molecular flexibility index (Phi) is 3.72. The minimum absolute atomic E-state index is 0.111. The molecule has 3 nitrogen and oxygen atoms in total. The van der Waals surface area contributed by atoms with Crippen LogP contribution in [0.1, 0.15) is 26.3 Å². The Balaban J connectivity index is 2.72. The molecule has 86 valence electrons. The van der Waals surface area contributed by atoms with Gasteiger partial charge in [-0.1, -0.05) is 39.5 Å². The highest BCUT2D eigenvalue weighted by atomic mass is 16.5. The highest BCUT2D eigenvalue weighted by Crippen LogP contribution is 2.23. The van der Waals surface area contributed by atoms with Crippen molar-refractivity contribution < 1.29 is 9.53 Å². The van der Waals surface area contributed by atoms with Gasteiger partial charge in [-0.3, -0.25) is 5.32 Å². The van der Waals surface area contributed by atoms with Crippen LogP contribution in [0, 0.1) is 0 Å². The molecule has 16 heavy (non-hydrogen) atoms. The zero-order valence-corrected chi connectivity index (χ0v) is 9.91. The van der Waals surface area contributed by atoms with Crippen LogP contribution in [0.5, 0.6) is 0 Å². The number of benzene rings is 1. The molecule has 0 unspecified atom stereocenters. The van der Waals surface area contributed by atoms with Crippen molar-refractivity contribution in [3.05, 3.63) is 42.7 Å². The standard InChI is InChI=1S/C13H17NO2/c1-5-16-12(15)14-11-8-6-10(7-9-11)13(2,3)4/h5-9H,1H2,2-4H3,(H,14,15). The Labute approximate surface area is 96.1 Å². The van der Waals surface area contributed by atoms with Crippen molar-refractivity contribution in [1.29, 1.82) is 0 Å². The van der Waals surface area contributed by atoms with Gasteiger partial charge in [-0.2, -0.15) is 0 Å². The van der Waals surface area contributed by atoms with Crippen molar-refractivity contribution in [1.82, 2.24) is 0 Å². The van der Waals surface area contributed by atoms with Crippen LogP contribution in [0.15, 0.2) is 37.1 Å². The van der Waals surface area contributed by atoms with Gasteiger partial charge in [0.1, 0.15) is 0 Å². The first-order valence-corrected chi connectivity index (χ1v) is 5.12. The predicted molar refractivity (Wildman–Crippen MR) is 65.4 cm³/mol. The Bertz CT molecular complexity index is 374. The summed E-state index contributed by atoms with van der Waals surface area (Å²) in [6.45, 7) is 9.73. The lowest BCUT2D eigenvalue weighted by molar-refractivity contribution is 0.201. The predicted octanol–water partition coefficient (Wildman–Crippen LogP) is 3.68. The molecule has 0 aliphatic carbocycles. The average molecular weight is 219 g/mol. The molecule has 0 aliphatic heterocycles. The summed E-state index contributed by atoms with van der Waals surface area (Å²) in [6.07, 6.45) is 0.567. The van der Waals surface area contributed by atoms with Crippen molar-refractivity contribution >= 4 is 11.8 Å². The Morgan fingerprint density at radius 1 is 1.31 bits per heavy atom. The van der Waals surface area contributed by atoms with Gasteiger partial charge in [-0.15, -0.1) is 0 Å². The van der Waals surface area contributed by atoms with Crippen molar-refractivity contribution in [3.63, 3.8) is 0 Å². The van der Waals surface area contributed by atoms with Crippen molar-refractivity contribution in [2.75, 3.05) is 5.32 Å². The van der Waals surface area contributed by atoms with Crippen molar-refractivity contribution in [2.45, 2.75) is 26.2 Å². The zero-order chi connectivity index (χ0) is 12.2. The lowest BCUT2D eigenvalue weighted by atomic mass is 9.87. The summed E-state index contributed by atoms with van der Waals surface area (Å²) in [6, 6.07) is 7.68. The minimum Gasteiger partial charge on any atom is -0.419 e. The Morgan fingerprint density at radius 2 is 1.88 bits per heavy atom. The number of amides is 1. The van der Waals surface area contributed by atoms with Crippen molar-refractivity contribution in [2.24, 2.45) is 0 Å². The summed E-state index contributed by atoms with van der Waals surface area (Å²) < 4.78 is 4.56. The van der Waals surface area contributed by atoms with Crippen LogP contribution in [-0.4, -0.2) is 6.09 Å². The first-order chi connectivity index (χ1) is 7.43. The molecular formula is C13H17NO2. The average Bonchev–Trinajstić information content (AvgIpc) is 2.17. The first-order valence-electron chi connectivity index (χ1n) is 5.12. The molecule has 0 atom stereocenters. The molecule has 0 spiro atoms. The van der Waals surface area contributed by atoms with Gasteiger partial charge in [0.25, 0.3) is 0 Å². The molecule has 1 aromatic rings. The molecule has 0 heterocycles. The van der Waals surface area contributed by atoms with Crippen LogP contribution in [0.4, 0.5) is 10.5 Å². The summed E-state index contributed by atoms with van der Waals surface area (Å²) >= 11 is 0. The topological polar surface area (TPSA) is 38.3 Å². The maximum atomic E-state index is 11.1. The number of hydrogen-bond donors (Lipinski definition) is 1. The summed E-state index contributed by atoms with van der Waals surface area (Å²) in [4.78, 5) is 11.1. The number of ether oxygens (including phenoxy) is 1. The number of hydrogen-bond acceptors (Lipinski definition) is 2. The van der Waals surface area contributed by atoms with E-state index in [4.69, 9.17) is 0 Å². The van der Waals surface area contributed by atoms with Crippen LogP contribution < -0.4 is 5.32 Å². The maximum Gasteiger partial charge on any atom is 0.416 e. The quantitative estimate of drug-likeness (QED) is 0.770. The number of carbonyl (C=O) groups is 1. The highest BCUT2D eigenvalue weighted by molar-refractivity contribution is 5.84. The van der Waals surface area contributed by atoms with Gasteiger partial charge in [0.2, 0.25) is 0 Å². The summed E-state index contributed by atoms with van der Waals surface area (Å²) in [5.41, 5.74) is 2.04. The van der Waals surface area contributed by atoms with E-state index in [1.54, 1.807) is 0 Å². The second-order valence-corrected chi connectivity index (χ2v) is 4.52. The van der Waals surface area contributed by atoms with Gasteiger partial charge < -0.3 is 4.74 Å². The molecule has 1 amide bonds. The van der Waals surface area contributed by atoms with E-state index in [9.17, 15) is 4.79 Å². The fraction of sp³-hybridized carbons (Fsp3) is 0.308. The smallest absolute Gasteiger partial charge is 0.416 e. The number of rotatable bonds is 2. The summed E-state index contributed by atoms with van der Waals surface area (Å²) in [7, 11) is 0. The van der Waals surface area contributed by atoms with E-state index in [-0.39, 0.29) is 5.41 Å².